The Labute approximate surface area is 108 Å². The van der Waals surface area contributed by atoms with E-state index in [-0.39, 0.29) is 11.8 Å². The summed E-state index contributed by atoms with van der Waals surface area (Å²) in [5.74, 6) is 0.393. The molecule has 2 heterocycles. The molecule has 0 saturated carbocycles. The third-order valence-corrected chi connectivity index (χ3v) is 3.45. The number of carbonyl (C=O) groups is 1. The molecular formula is C13H22N4O. The van der Waals surface area contributed by atoms with Gasteiger partial charge in [-0.1, -0.05) is 0 Å². The average Bonchev–Trinajstić information content (AvgIpc) is 2.87. The van der Waals surface area contributed by atoms with Gasteiger partial charge in [0.05, 0.1) is 12.2 Å². The molecule has 2 rings (SSSR count). The van der Waals surface area contributed by atoms with Crippen LogP contribution >= 0.6 is 0 Å². The predicted molar refractivity (Wildman–Crippen MR) is 70.1 cm³/mol. The molecule has 0 unspecified atom stereocenters. The van der Waals surface area contributed by atoms with Gasteiger partial charge in [-0.15, -0.1) is 0 Å². The fraction of sp³-hybridized carbons (Fsp3) is 0.692. The Balaban J connectivity index is 1.62. The van der Waals surface area contributed by atoms with Crippen molar-refractivity contribution in [1.29, 1.82) is 0 Å². The van der Waals surface area contributed by atoms with Crippen molar-refractivity contribution in [3.63, 3.8) is 0 Å². The van der Waals surface area contributed by atoms with Gasteiger partial charge in [-0.05, 0) is 32.9 Å². The van der Waals surface area contributed by atoms with Crippen molar-refractivity contribution in [2.24, 2.45) is 5.92 Å². The normalized spacial score (nSPS) is 20.8. The first-order valence-corrected chi connectivity index (χ1v) is 6.67. The number of aromatic nitrogens is 2. The summed E-state index contributed by atoms with van der Waals surface area (Å²) in [7, 11) is 2.08. The fourth-order valence-corrected chi connectivity index (χ4v) is 2.42. The summed E-state index contributed by atoms with van der Waals surface area (Å²) in [4.78, 5) is 18.2. The Morgan fingerprint density at radius 2 is 2.44 bits per heavy atom. The molecule has 1 fully saturated rings. The van der Waals surface area contributed by atoms with Crippen molar-refractivity contribution in [1.82, 2.24) is 19.8 Å². The van der Waals surface area contributed by atoms with Gasteiger partial charge in [0.1, 0.15) is 0 Å². The maximum atomic E-state index is 11.9. The number of hydrogen-bond acceptors (Lipinski definition) is 3. The van der Waals surface area contributed by atoms with Crippen LogP contribution in [0, 0.1) is 5.92 Å². The van der Waals surface area contributed by atoms with E-state index >= 15 is 0 Å². The number of piperidine rings is 1. The van der Waals surface area contributed by atoms with Crippen LogP contribution in [0.3, 0.4) is 0 Å². The quantitative estimate of drug-likeness (QED) is 0.784. The molecule has 1 aliphatic rings. The van der Waals surface area contributed by atoms with Gasteiger partial charge >= 0.3 is 0 Å². The first-order valence-electron chi connectivity index (χ1n) is 6.67. The maximum absolute atomic E-state index is 11.9. The molecule has 0 aliphatic carbocycles. The zero-order chi connectivity index (χ0) is 12.8. The summed E-state index contributed by atoms with van der Waals surface area (Å²) in [5, 5.41) is 3.04. The van der Waals surface area contributed by atoms with Crippen LogP contribution < -0.4 is 5.32 Å². The van der Waals surface area contributed by atoms with Gasteiger partial charge in [0.15, 0.2) is 0 Å². The van der Waals surface area contributed by atoms with Gasteiger partial charge in [-0.2, -0.15) is 0 Å². The SMILES string of the molecule is CN1CCC[C@@H](C(=O)NCCCn2ccnc2)C1. The Kier molecular flexibility index (Phi) is 4.75. The summed E-state index contributed by atoms with van der Waals surface area (Å²) in [6, 6.07) is 0. The highest BCUT2D eigenvalue weighted by molar-refractivity contribution is 5.78. The minimum Gasteiger partial charge on any atom is -0.356 e. The third-order valence-electron chi connectivity index (χ3n) is 3.45. The van der Waals surface area contributed by atoms with E-state index in [1.807, 2.05) is 10.8 Å². The minimum atomic E-state index is 0.178. The second kappa shape index (κ2) is 6.54. The molecule has 0 bridgehead atoms. The number of aryl methyl sites for hydroxylation is 1. The number of likely N-dealkylation sites (tertiary alicyclic amines) is 1. The number of rotatable bonds is 5. The molecule has 0 radical (unpaired) electrons. The Hall–Kier alpha value is -1.36. The van der Waals surface area contributed by atoms with E-state index in [1.54, 1.807) is 12.5 Å². The summed E-state index contributed by atoms with van der Waals surface area (Å²) in [6.45, 7) is 3.67. The van der Waals surface area contributed by atoms with Crippen LogP contribution in [0.25, 0.3) is 0 Å². The number of carbonyl (C=O) groups excluding carboxylic acids is 1. The topological polar surface area (TPSA) is 50.2 Å². The van der Waals surface area contributed by atoms with E-state index in [9.17, 15) is 4.79 Å². The monoisotopic (exact) mass is 250 g/mol. The average molecular weight is 250 g/mol. The Morgan fingerprint density at radius 3 is 3.17 bits per heavy atom. The lowest BCUT2D eigenvalue weighted by Gasteiger charge is -2.28. The number of nitrogens with one attached hydrogen (secondary N) is 1. The van der Waals surface area contributed by atoms with Crippen LogP contribution in [0.2, 0.25) is 0 Å². The van der Waals surface area contributed by atoms with Crippen LogP contribution in [-0.4, -0.2) is 47.0 Å². The highest BCUT2D eigenvalue weighted by atomic mass is 16.1. The zero-order valence-electron chi connectivity index (χ0n) is 11.0. The predicted octanol–water partition coefficient (Wildman–Crippen LogP) is 0.731. The van der Waals surface area contributed by atoms with Gasteiger partial charge in [-0.25, -0.2) is 4.98 Å². The molecule has 1 saturated heterocycles. The summed E-state index contributed by atoms with van der Waals surface area (Å²) < 4.78 is 2.03. The van der Waals surface area contributed by atoms with Crippen LogP contribution in [-0.2, 0) is 11.3 Å². The molecule has 1 aromatic heterocycles. The molecule has 1 atom stereocenters. The van der Waals surface area contributed by atoms with Crippen LogP contribution in [0.1, 0.15) is 19.3 Å². The Bertz CT molecular complexity index is 363. The second-order valence-electron chi connectivity index (χ2n) is 5.05. The smallest absolute Gasteiger partial charge is 0.224 e. The summed E-state index contributed by atoms with van der Waals surface area (Å²) >= 11 is 0. The molecular weight excluding hydrogens is 228 g/mol. The standard InChI is InChI=1S/C13H22N4O/c1-16-7-2-4-12(10-16)13(18)15-5-3-8-17-9-6-14-11-17/h6,9,11-12H,2-5,7-8,10H2,1H3,(H,15,18)/t12-/m1/s1. The van der Waals surface area contributed by atoms with Gasteiger partial charge < -0.3 is 14.8 Å². The number of nitrogens with zero attached hydrogens (tertiary/aromatic N) is 3. The van der Waals surface area contributed by atoms with E-state index in [2.05, 4.69) is 22.2 Å². The van der Waals surface area contributed by atoms with Crippen LogP contribution in [0.15, 0.2) is 18.7 Å². The lowest BCUT2D eigenvalue weighted by atomic mass is 9.97. The lowest BCUT2D eigenvalue weighted by Crippen LogP contribution is -2.41. The molecule has 0 spiro atoms. The van der Waals surface area contributed by atoms with E-state index in [1.165, 1.54) is 0 Å². The van der Waals surface area contributed by atoms with Crippen molar-refractivity contribution >= 4 is 5.91 Å². The highest BCUT2D eigenvalue weighted by Crippen LogP contribution is 2.14. The van der Waals surface area contributed by atoms with E-state index in [0.29, 0.717) is 0 Å². The first-order chi connectivity index (χ1) is 8.75. The van der Waals surface area contributed by atoms with Gasteiger partial charge in [0.2, 0.25) is 5.91 Å². The van der Waals surface area contributed by atoms with Crippen LogP contribution in [0.5, 0.6) is 0 Å². The molecule has 5 nitrogen and oxygen atoms in total. The molecule has 1 N–H and O–H groups in total. The minimum absolute atomic E-state index is 0.178. The zero-order valence-corrected chi connectivity index (χ0v) is 11.0. The molecule has 1 aromatic rings. The van der Waals surface area contributed by atoms with E-state index < -0.39 is 0 Å². The molecule has 1 amide bonds. The molecule has 100 valence electrons. The summed E-state index contributed by atoms with van der Waals surface area (Å²) in [5.41, 5.74) is 0. The van der Waals surface area contributed by atoms with Crippen molar-refractivity contribution < 1.29 is 4.79 Å². The van der Waals surface area contributed by atoms with E-state index in [4.69, 9.17) is 0 Å². The number of hydrogen-bond donors (Lipinski definition) is 1. The van der Waals surface area contributed by atoms with E-state index in [0.717, 1.165) is 45.4 Å². The van der Waals surface area contributed by atoms with Crippen molar-refractivity contribution in [3.8, 4) is 0 Å². The van der Waals surface area contributed by atoms with Crippen molar-refractivity contribution in [3.05, 3.63) is 18.7 Å². The maximum Gasteiger partial charge on any atom is 0.224 e. The molecule has 0 aromatic carbocycles. The fourth-order valence-electron chi connectivity index (χ4n) is 2.42. The van der Waals surface area contributed by atoms with Gasteiger partial charge in [0, 0.05) is 32.0 Å². The lowest BCUT2D eigenvalue weighted by molar-refractivity contribution is -0.126. The number of amides is 1. The first kappa shape index (κ1) is 13.1. The van der Waals surface area contributed by atoms with Gasteiger partial charge in [-0.3, -0.25) is 4.79 Å². The van der Waals surface area contributed by atoms with Gasteiger partial charge in [0.25, 0.3) is 0 Å². The van der Waals surface area contributed by atoms with Crippen molar-refractivity contribution in [2.75, 3.05) is 26.7 Å². The largest absolute Gasteiger partial charge is 0.356 e. The Morgan fingerprint density at radius 1 is 1.56 bits per heavy atom. The van der Waals surface area contributed by atoms with Crippen molar-refractivity contribution in [2.45, 2.75) is 25.8 Å². The molecule has 18 heavy (non-hydrogen) atoms. The second-order valence-corrected chi connectivity index (χ2v) is 5.05. The summed E-state index contributed by atoms with van der Waals surface area (Å²) in [6.07, 6.45) is 8.62. The molecule has 1 aliphatic heterocycles. The third kappa shape index (κ3) is 3.84. The highest BCUT2D eigenvalue weighted by Gasteiger charge is 2.23. The molecule has 5 heteroatoms. The number of imidazole rings is 1. The van der Waals surface area contributed by atoms with Crippen LogP contribution in [0.4, 0.5) is 0 Å².